The minimum Gasteiger partial charge on any atom is -0.324 e. The number of nitrogens with one attached hydrogen (secondary N) is 2. The maximum Gasteiger partial charge on any atom is 0.242 e. The smallest absolute Gasteiger partial charge is 0.242 e. The lowest BCUT2D eigenvalue weighted by molar-refractivity contribution is -0.122. The van der Waals surface area contributed by atoms with Gasteiger partial charge >= 0.3 is 0 Å². The number of rotatable bonds is 5. The molecule has 2 amide bonds. The lowest BCUT2D eigenvalue weighted by atomic mass is 10.1. The molecule has 0 saturated carbocycles. The summed E-state index contributed by atoms with van der Waals surface area (Å²) in [6.45, 7) is 0.213. The van der Waals surface area contributed by atoms with Crippen molar-refractivity contribution in [2.75, 3.05) is 30.9 Å². The number of hydrogen-bond acceptors (Lipinski definition) is 5. The number of carbonyl (C=O) groups excluding carboxylic acids is 2. The monoisotopic (exact) mass is 427 g/mol. The molecule has 1 atom stereocenters. The Morgan fingerprint density at radius 2 is 1.87 bits per heavy atom. The molecule has 30 heavy (non-hydrogen) atoms. The van der Waals surface area contributed by atoms with Crippen molar-refractivity contribution in [3.05, 3.63) is 48.5 Å². The first kappa shape index (κ1) is 20.0. The first-order chi connectivity index (χ1) is 14.3. The van der Waals surface area contributed by atoms with Crippen LogP contribution in [0.3, 0.4) is 0 Å². The Bertz CT molecular complexity index is 1180. The molecule has 3 aromatic rings. The van der Waals surface area contributed by atoms with Crippen LogP contribution >= 0.6 is 0 Å². The van der Waals surface area contributed by atoms with Gasteiger partial charge in [0.15, 0.2) is 0 Å². The van der Waals surface area contributed by atoms with Crippen molar-refractivity contribution in [3.63, 3.8) is 0 Å². The second-order valence-corrected chi connectivity index (χ2v) is 9.43. The summed E-state index contributed by atoms with van der Waals surface area (Å²) in [4.78, 5) is 34.1. The number of H-pyrrole nitrogens is 1. The molecule has 9 nitrogen and oxygen atoms in total. The minimum absolute atomic E-state index is 0.0732. The van der Waals surface area contributed by atoms with Crippen molar-refractivity contribution in [2.24, 2.45) is 5.92 Å². The summed E-state index contributed by atoms with van der Waals surface area (Å²) >= 11 is 0. The van der Waals surface area contributed by atoms with Crippen LogP contribution in [0.2, 0.25) is 0 Å². The number of para-hydroxylation sites is 2. The van der Waals surface area contributed by atoms with E-state index in [1.54, 1.807) is 12.1 Å². The number of aromatic amines is 1. The van der Waals surface area contributed by atoms with Crippen molar-refractivity contribution in [2.45, 2.75) is 11.3 Å². The Balaban J connectivity index is 1.46. The van der Waals surface area contributed by atoms with Crippen LogP contribution in [-0.4, -0.2) is 55.1 Å². The van der Waals surface area contributed by atoms with Crippen molar-refractivity contribution in [1.29, 1.82) is 0 Å². The van der Waals surface area contributed by atoms with E-state index >= 15 is 0 Å². The van der Waals surface area contributed by atoms with Crippen LogP contribution in [0.5, 0.6) is 0 Å². The average Bonchev–Trinajstić information content (AvgIpc) is 3.30. The highest BCUT2D eigenvalue weighted by Gasteiger charge is 2.35. The number of carbonyl (C=O) groups is 2. The van der Waals surface area contributed by atoms with Gasteiger partial charge in [0, 0.05) is 32.7 Å². The molecule has 1 aliphatic rings. The highest BCUT2D eigenvalue weighted by Crippen LogP contribution is 2.27. The van der Waals surface area contributed by atoms with Gasteiger partial charge in [-0.05, 0) is 36.4 Å². The maximum absolute atomic E-state index is 12.6. The van der Waals surface area contributed by atoms with Gasteiger partial charge in [0.25, 0.3) is 0 Å². The largest absolute Gasteiger partial charge is 0.324 e. The third kappa shape index (κ3) is 3.66. The van der Waals surface area contributed by atoms with E-state index in [2.05, 4.69) is 15.3 Å². The van der Waals surface area contributed by atoms with Crippen LogP contribution in [0.15, 0.2) is 53.4 Å². The molecule has 1 fully saturated rings. The number of amides is 2. The van der Waals surface area contributed by atoms with Gasteiger partial charge in [0.1, 0.15) is 0 Å². The minimum atomic E-state index is -3.55. The normalized spacial score (nSPS) is 17.1. The van der Waals surface area contributed by atoms with E-state index in [9.17, 15) is 18.0 Å². The third-order valence-corrected chi connectivity index (χ3v) is 6.88. The Hall–Kier alpha value is -3.24. The van der Waals surface area contributed by atoms with E-state index in [0.29, 0.717) is 11.6 Å². The number of imidazole rings is 1. The molecule has 0 spiro atoms. The van der Waals surface area contributed by atoms with Crippen molar-refractivity contribution >= 4 is 44.5 Å². The van der Waals surface area contributed by atoms with Crippen molar-refractivity contribution < 1.29 is 18.0 Å². The van der Waals surface area contributed by atoms with Gasteiger partial charge in [-0.2, -0.15) is 0 Å². The molecule has 156 valence electrons. The van der Waals surface area contributed by atoms with E-state index in [1.165, 1.54) is 31.1 Å². The number of sulfonamides is 1. The highest BCUT2D eigenvalue weighted by atomic mass is 32.2. The van der Waals surface area contributed by atoms with Crippen molar-refractivity contribution in [1.82, 2.24) is 14.3 Å². The number of hydrogen-bond donors (Lipinski definition) is 2. The van der Waals surface area contributed by atoms with Crippen LogP contribution in [0.4, 0.5) is 11.6 Å². The number of benzene rings is 2. The fourth-order valence-electron chi connectivity index (χ4n) is 3.37. The summed E-state index contributed by atoms with van der Waals surface area (Å²) in [6, 6.07) is 13.5. The lowest BCUT2D eigenvalue weighted by Gasteiger charge is -2.18. The van der Waals surface area contributed by atoms with Gasteiger partial charge in [-0.25, -0.2) is 17.7 Å². The van der Waals surface area contributed by atoms with Gasteiger partial charge in [0.05, 0.1) is 21.8 Å². The summed E-state index contributed by atoms with van der Waals surface area (Å²) < 4.78 is 25.5. The maximum atomic E-state index is 12.6. The molecular formula is C20H21N5O4S. The Labute approximate surface area is 173 Å². The summed E-state index contributed by atoms with van der Waals surface area (Å²) in [6.07, 6.45) is 0.0732. The molecule has 0 aliphatic carbocycles. The number of anilines is 2. The molecule has 4 rings (SSSR count). The number of aromatic nitrogens is 2. The number of nitrogens with zero attached hydrogens (tertiary/aromatic N) is 3. The summed E-state index contributed by atoms with van der Waals surface area (Å²) in [5.41, 5.74) is 2.10. The van der Waals surface area contributed by atoms with E-state index in [0.717, 1.165) is 15.3 Å². The van der Waals surface area contributed by atoms with E-state index in [-0.39, 0.29) is 29.7 Å². The summed E-state index contributed by atoms with van der Waals surface area (Å²) in [7, 11) is -0.632. The van der Waals surface area contributed by atoms with Crippen LogP contribution in [0, 0.1) is 5.92 Å². The molecule has 0 bridgehead atoms. The quantitative estimate of drug-likeness (QED) is 0.644. The lowest BCUT2D eigenvalue weighted by Crippen LogP contribution is -2.28. The summed E-state index contributed by atoms with van der Waals surface area (Å²) in [5, 5.41) is 2.74. The van der Waals surface area contributed by atoms with Crippen LogP contribution in [-0.2, 0) is 19.6 Å². The first-order valence-corrected chi connectivity index (χ1v) is 10.8. The third-order valence-electron chi connectivity index (χ3n) is 5.05. The molecule has 1 aromatic heterocycles. The predicted octanol–water partition coefficient (Wildman–Crippen LogP) is 1.80. The predicted molar refractivity (Wildman–Crippen MR) is 112 cm³/mol. The first-order valence-electron chi connectivity index (χ1n) is 9.34. The van der Waals surface area contributed by atoms with E-state index in [4.69, 9.17) is 0 Å². The molecule has 2 N–H and O–H groups in total. The molecule has 2 heterocycles. The van der Waals surface area contributed by atoms with Gasteiger partial charge in [0.2, 0.25) is 27.8 Å². The van der Waals surface area contributed by atoms with Crippen LogP contribution < -0.4 is 10.2 Å². The molecule has 1 saturated heterocycles. The molecule has 0 radical (unpaired) electrons. The van der Waals surface area contributed by atoms with E-state index < -0.39 is 15.9 Å². The fourth-order valence-corrected chi connectivity index (χ4v) is 4.27. The molecule has 10 heteroatoms. The highest BCUT2D eigenvalue weighted by molar-refractivity contribution is 7.89. The Morgan fingerprint density at radius 1 is 1.17 bits per heavy atom. The van der Waals surface area contributed by atoms with Gasteiger partial charge in [-0.1, -0.05) is 12.1 Å². The topological polar surface area (TPSA) is 115 Å². The van der Waals surface area contributed by atoms with Crippen LogP contribution in [0.25, 0.3) is 11.0 Å². The SMILES string of the molecule is CN(C)S(=O)(=O)c1ccc(N2C[C@@H](C(=O)Nc3nc4ccccc4[nH]3)CC2=O)cc1. The molecule has 0 unspecified atom stereocenters. The van der Waals surface area contributed by atoms with Crippen molar-refractivity contribution in [3.8, 4) is 0 Å². The fraction of sp³-hybridized carbons (Fsp3) is 0.250. The Morgan fingerprint density at radius 3 is 2.53 bits per heavy atom. The van der Waals surface area contributed by atoms with Crippen LogP contribution in [0.1, 0.15) is 6.42 Å². The summed E-state index contributed by atoms with van der Waals surface area (Å²) in [5.74, 6) is -0.680. The zero-order chi connectivity index (χ0) is 21.5. The number of fused-ring (bicyclic) bond motifs is 1. The second kappa shape index (κ2) is 7.54. The molecule has 2 aromatic carbocycles. The molecule has 1 aliphatic heterocycles. The zero-order valence-corrected chi connectivity index (χ0v) is 17.3. The average molecular weight is 427 g/mol. The van der Waals surface area contributed by atoms with E-state index in [1.807, 2.05) is 24.3 Å². The standard InChI is InChI=1S/C20H21N5O4S/c1-24(2)30(28,29)15-9-7-14(8-10-15)25-12-13(11-18(25)26)19(27)23-20-21-16-5-3-4-6-17(16)22-20/h3-10,13H,11-12H2,1-2H3,(H2,21,22,23,27)/t13-/m0/s1. The van der Waals surface area contributed by atoms with Gasteiger partial charge < -0.3 is 9.88 Å². The van der Waals surface area contributed by atoms with Gasteiger partial charge in [-0.3, -0.25) is 14.9 Å². The second-order valence-electron chi connectivity index (χ2n) is 7.28. The molecular weight excluding hydrogens is 406 g/mol. The zero-order valence-electron chi connectivity index (χ0n) is 16.5. The Kier molecular flexibility index (Phi) is 5.04. The van der Waals surface area contributed by atoms with Gasteiger partial charge in [-0.15, -0.1) is 0 Å².